The van der Waals surface area contributed by atoms with E-state index in [1.165, 1.54) is 0 Å². The van der Waals surface area contributed by atoms with Gasteiger partial charge in [-0.1, -0.05) is 35.9 Å². The van der Waals surface area contributed by atoms with Crippen LogP contribution in [0.4, 0.5) is 0 Å². The number of ether oxygens (including phenoxy) is 3. The number of hydrogen-bond donors (Lipinski definition) is 3. The van der Waals surface area contributed by atoms with Crippen molar-refractivity contribution in [2.45, 2.75) is 49.5 Å². The van der Waals surface area contributed by atoms with Crippen LogP contribution >= 0.6 is 11.6 Å². The Balaban J connectivity index is 1.48. The number of hydrogen-bond acceptors (Lipinski definition) is 6. The molecule has 30 heavy (non-hydrogen) atoms. The fraction of sp³-hybridized carbons (Fsp3) is 0.435. The normalized spacial score (nSPS) is 31.6. The molecule has 2 saturated heterocycles. The highest BCUT2D eigenvalue weighted by Crippen LogP contribution is 2.34. The van der Waals surface area contributed by atoms with Gasteiger partial charge in [-0.3, -0.25) is 0 Å². The lowest BCUT2D eigenvalue weighted by molar-refractivity contribution is -0.212. The zero-order chi connectivity index (χ0) is 21.3. The Morgan fingerprint density at radius 2 is 1.80 bits per heavy atom. The molecule has 0 aromatic heterocycles. The average Bonchev–Trinajstić information content (AvgIpc) is 3.25. The molecule has 2 heterocycles. The third-order valence-electron chi connectivity index (χ3n) is 5.62. The van der Waals surface area contributed by atoms with E-state index in [4.69, 9.17) is 25.8 Å². The molecule has 0 bridgehead atoms. The van der Waals surface area contributed by atoms with Crippen LogP contribution in [0.5, 0.6) is 5.75 Å². The van der Waals surface area contributed by atoms with Crippen molar-refractivity contribution in [3.8, 4) is 5.75 Å². The summed E-state index contributed by atoms with van der Waals surface area (Å²) in [6, 6.07) is 13.2. The summed E-state index contributed by atoms with van der Waals surface area (Å²) in [4.78, 5) is 0. The number of rotatable bonds is 5. The molecule has 2 aliphatic heterocycles. The largest absolute Gasteiger partial charge is 0.488 e. The monoisotopic (exact) mass is 433 g/mol. The topological polar surface area (TPSA) is 88.4 Å². The highest BCUT2D eigenvalue weighted by atomic mass is 35.5. The van der Waals surface area contributed by atoms with Crippen LogP contribution in [0.2, 0.25) is 5.02 Å². The summed E-state index contributed by atoms with van der Waals surface area (Å²) < 4.78 is 16.9. The van der Waals surface area contributed by atoms with E-state index in [-0.39, 0.29) is 6.10 Å². The van der Waals surface area contributed by atoms with Crippen molar-refractivity contribution in [3.05, 3.63) is 71.1 Å². The molecule has 6 nitrogen and oxygen atoms in total. The van der Waals surface area contributed by atoms with Crippen molar-refractivity contribution in [2.24, 2.45) is 0 Å². The standard InChI is InChI=1S/C23H26ClO6/c1-13-20(25)21(26)22(27)23(29-13)15-4-7-19(24)16(11-15)10-14-2-5-17(6-3-14)30-18-8-9-28-12-18/h2-7,11,13,18,20-23,25-27H,1,8-10,12H2/t13-,18-,20-,21-,22-,23+/m1/s1. The van der Waals surface area contributed by atoms with Crippen LogP contribution in [0.3, 0.4) is 0 Å². The summed E-state index contributed by atoms with van der Waals surface area (Å²) >= 11 is 6.40. The van der Waals surface area contributed by atoms with Crippen molar-refractivity contribution in [2.75, 3.05) is 13.2 Å². The molecule has 2 aliphatic rings. The molecule has 2 aromatic carbocycles. The first-order chi connectivity index (χ1) is 14.4. The van der Waals surface area contributed by atoms with Crippen LogP contribution in [0.1, 0.15) is 29.2 Å². The van der Waals surface area contributed by atoms with Crippen molar-refractivity contribution >= 4 is 11.6 Å². The predicted octanol–water partition coefficient (Wildman–Crippen LogP) is 2.46. The number of aliphatic hydroxyl groups excluding tert-OH is 3. The quantitative estimate of drug-likeness (QED) is 0.671. The molecule has 0 saturated carbocycles. The summed E-state index contributed by atoms with van der Waals surface area (Å²) in [7, 11) is 0. The Morgan fingerprint density at radius 1 is 1.03 bits per heavy atom. The zero-order valence-electron chi connectivity index (χ0n) is 16.5. The summed E-state index contributed by atoms with van der Waals surface area (Å²) in [5, 5.41) is 30.9. The minimum atomic E-state index is -1.33. The molecular weight excluding hydrogens is 408 g/mol. The van der Waals surface area contributed by atoms with Gasteiger partial charge in [0.2, 0.25) is 0 Å². The first-order valence-electron chi connectivity index (χ1n) is 10.1. The Bertz CT molecular complexity index is 851. The van der Waals surface area contributed by atoms with Crippen molar-refractivity contribution < 1.29 is 29.5 Å². The highest BCUT2D eigenvalue weighted by molar-refractivity contribution is 6.31. The minimum Gasteiger partial charge on any atom is -0.488 e. The second-order valence-corrected chi connectivity index (χ2v) is 8.25. The fourth-order valence-electron chi connectivity index (χ4n) is 3.84. The lowest BCUT2D eigenvalue weighted by atomic mass is 9.90. The van der Waals surface area contributed by atoms with Crippen LogP contribution in [-0.4, -0.2) is 59.1 Å². The number of halogens is 1. The van der Waals surface area contributed by atoms with Crippen LogP contribution in [-0.2, 0) is 15.9 Å². The second kappa shape index (κ2) is 9.22. The van der Waals surface area contributed by atoms with E-state index < -0.39 is 30.5 Å². The van der Waals surface area contributed by atoms with Gasteiger partial charge < -0.3 is 29.5 Å². The van der Waals surface area contributed by atoms with Crippen LogP contribution in [0, 0.1) is 6.92 Å². The molecular formula is C23H26ClO6. The summed E-state index contributed by atoms with van der Waals surface area (Å²) in [5.41, 5.74) is 2.59. The van der Waals surface area contributed by atoms with E-state index in [0.717, 1.165) is 29.9 Å². The molecule has 2 aromatic rings. The van der Waals surface area contributed by atoms with E-state index in [1.807, 2.05) is 30.3 Å². The third kappa shape index (κ3) is 4.64. The van der Waals surface area contributed by atoms with Crippen molar-refractivity contribution in [3.63, 3.8) is 0 Å². The van der Waals surface area contributed by atoms with E-state index in [2.05, 4.69) is 6.92 Å². The molecule has 0 aliphatic carbocycles. The van der Waals surface area contributed by atoms with Crippen molar-refractivity contribution in [1.82, 2.24) is 0 Å². The van der Waals surface area contributed by atoms with Crippen LogP contribution in [0.15, 0.2) is 42.5 Å². The van der Waals surface area contributed by atoms with Crippen LogP contribution < -0.4 is 4.74 Å². The smallest absolute Gasteiger partial charge is 0.124 e. The number of aliphatic hydroxyl groups is 3. The SMILES string of the molecule is [CH2][C@H]1O[C@@H](c2ccc(Cl)c(Cc3ccc(O[C@@H]4CCOC4)cc3)c2)[C@H](O)[C@H](O)[C@@H]1O. The van der Waals surface area contributed by atoms with Gasteiger partial charge in [0.25, 0.3) is 0 Å². The highest BCUT2D eigenvalue weighted by Gasteiger charge is 2.42. The molecule has 4 rings (SSSR count). The number of benzene rings is 2. The lowest BCUT2D eigenvalue weighted by Gasteiger charge is -2.39. The first kappa shape index (κ1) is 21.6. The van der Waals surface area contributed by atoms with Gasteiger partial charge in [0.05, 0.1) is 19.3 Å². The molecule has 3 N–H and O–H groups in total. The Labute approximate surface area is 181 Å². The Hall–Kier alpha value is -1.67. The molecule has 7 heteroatoms. The maximum absolute atomic E-state index is 10.4. The molecule has 1 radical (unpaired) electrons. The van der Waals surface area contributed by atoms with E-state index >= 15 is 0 Å². The maximum Gasteiger partial charge on any atom is 0.124 e. The van der Waals surface area contributed by atoms with E-state index in [0.29, 0.717) is 23.6 Å². The second-order valence-electron chi connectivity index (χ2n) is 7.84. The molecule has 2 fully saturated rings. The van der Waals surface area contributed by atoms with Gasteiger partial charge in [0, 0.05) is 11.4 Å². The average molecular weight is 434 g/mol. The van der Waals surface area contributed by atoms with Gasteiger partial charge in [-0.2, -0.15) is 0 Å². The predicted molar refractivity (Wildman–Crippen MR) is 112 cm³/mol. The van der Waals surface area contributed by atoms with Gasteiger partial charge in [-0.05, 0) is 48.2 Å². The van der Waals surface area contributed by atoms with Gasteiger partial charge in [0.1, 0.15) is 36.3 Å². The van der Waals surface area contributed by atoms with Crippen LogP contribution in [0.25, 0.3) is 0 Å². The van der Waals surface area contributed by atoms with Gasteiger partial charge in [0.15, 0.2) is 0 Å². The molecule has 161 valence electrons. The summed E-state index contributed by atoms with van der Waals surface area (Å²) in [5.74, 6) is 0.807. The third-order valence-corrected chi connectivity index (χ3v) is 5.99. The minimum absolute atomic E-state index is 0.106. The maximum atomic E-state index is 10.4. The van der Waals surface area contributed by atoms with E-state index in [9.17, 15) is 15.3 Å². The zero-order valence-corrected chi connectivity index (χ0v) is 17.2. The summed E-state index contributed by atoms with van der Waals surface area (Å²) in [6.45, 7) is 5.06. The molecule has 0 spiro atoms. The Morgan fingerprint density at radius 3 is 2.50 bits per heavy atom. The van der Waals surface area contributed by atoms with Gasteiger partial charge >= 0.3 is 0 Å². The van der Waals surface area contributed by atoms with Crippen molar-refractivity contribution in [1.29, 1.82) is 0 Å². The lowest BCUT2D eigenvalue weighted by Crippen LogP contribution is -2.53. The van der Waals surface area contributed by atoms with Gasteiger partial charge in [-0.25, -0.2) is 0 Å². The summed E-state index contributed by atoms with van der Waals surface area (Å²) in [6.07, 6.45) is -3.88. The molecule has 0 amide bonds. The molecule has 0 unspecified atom stereocenters. The molecule has 6 atom stereocenters. The first-order valence-corrected chi connectivity index (χ1v) is 10.4. The van der Waals surface area contributed by atoms with Gasteiger partial charge in [-0.15, -0.1) is 0 Å². The van der Waals surface area contributed by atoms with E-state index in [1.54, 1.807) is 12.1 Å². The fourth-order valence-corrected chi connectivity index (χ4v) is 4.02. The Kier molecular flexibility index (Phi) is 6.63.